The maximum Gasteiger partial charge on any atom is 0.417 e. The molecule has 166 valence electrons. The third kappa shape index (κ3) is 4.66. The molecule has 0 spiro atoms. The number of alkyl halides is 3. The topological polar surface area (TPSA) is 42.4 Å². The SMILES string of the molecule is COc1cc(F)ccc1C(C)(C)CC(O)(Cc1cc(C)nc2ccccc12)C(F)(F)F. The van der Waals surface area contributed by atoms with Gasteiger partial charge in [0.2, 0.25) is 0 Å². The van der Waals surface area contributed by atoms with Crippen molar-refractivity contribution in [3.8, 4) is 5.75 Å². The first-order valence-electron chi connectivity index (χ1n) is 9.85. The molecule has 1 aromatic heterocycles. The van der Waals surface area contributed by atoms with Crippen molar-refractivity contribution >= 4 is 10.9 Å². The molecule has 0 saturated heterocycles. The fourth-order valence-corrected chi connectivity index (χ4v) is 4.17. The van der Waals surface area contributed by atoms with Crippen LogP contribution in [0.4, 0.5) is 17.6 Å². The zero-order valence-electron chi connectivity index (χ0n) is 17.8. The minimum atomic E-state index is -4.89. The van der Waals surface area contributed by atoms with Gasteiger partial charge in [-0.1, -0.05) is 38.1 Å². The molecule has 0 aliphatic heterocycles. The molecule has 3 nitrogen and oxygen atoms in total. The predicted octanol–water partition coefficient (Wildman–Crippen LogP) is 5.89. The van der Waals surface area contributed by atoms with Gasteiger partial charge in [-0.2, -0.15) is 13.2 Å². The lowest BCUT2D eigenvalue weighted by atomic mass is 9.72. The molecule has 0 fully saturated rings. The van der Waals surface area contributed by atoms with Gasteiger partial charge in [0.25, 0.3) is 0 Å². The van der Waals surface area contributed by atoms with Gasteiger partial charge in [0.05, 0.1) is 12.6 Å². The Hall–Kier alpha value is -2.67. The normalized spacial score (nSPS) is 14.5. The summed E-state index contributed by atoms with van der Waals surface area (Å²) in [6, 6.07) is 12.2. The maximum atomic E-state index is 14.2. The van der Waals surface area contributed by atoms with Gasteiger partial charge in [-0.25, -0.2) is 4.39 Å². The molecule has 3 rings (SSSR count). The number of hydrogen-bond donors (Lipinski definition) is 1. The van der Waals surface area contributed by atoms with Crippen molar-refractivity contribution in [2.24, 2.45) is 0 Å². The molecule has 31 heavy (non-hydrogen) atoms. The molecule has 7 heteroatoms. The van der Waals surface area contributed by atoms with Gasteiger partial charge in [-0.15, -0.1) is 0 Å². The lowest BCUT2D eigenvalue weighted by molar-refractivity contribution is -0.266. The van der Waals surface area contributed by atoms with Crippen LogP contribution < -0.4 is 4.74 Å². The number of rotatable bonds is 6. The number of para-hydroxylation sites is 1. The van der Waals surface area contributed by atoms with Crippen LogP contribution in [0.3, 0.4) is 0 Å². The molecule has 0 amide bonds. The van der Waals surface area contributed by atoms with Crippen molar-refractivity contribution in [3.05, 3.63) is 71.2 Å². The Balaban J connectivity index is 2.07. The van der Waals surface area contributed by atoms with Crippen LogP contribution in [0.1, 0.15) is 37.1 Å². The third-order valence-electron chi connectivity index (χ3n) is 5.57. The molecular weight excluding hydrogens is 410 g/mol. The van der Waals surface area contributed by atoms with Crippen LogP contribution in [0.5, 0.6) is 5.75 Å². The monoisotopic (exact) mass is 435 g/mol. The zero-order valence-corrected chi connectivity index (χ0v) is 17.8. The lowest BCUT2D eigenvalue weighted by Crippen LogP contribution is -2.50. The van der Waals surface area contributed by atoms with Crippen LogP contribution in [0.25, 0.3) is 10.9 Å². The Morgan fingerprint density at radius 3 is 2.35 bits per heavy atom. The summed E-state index contributed by atoms with van der Waals surface area (Å²) in [4.78, 5) is 4.37. The second kappa shape index (κ2) is 8.11. The highest BCUT2D eigenvalue weighted by atomic mass is 19.4. The molecular formula is C24H25F4NO2. The average molecular weight is 435 g/mol. The number of aliphatic hydroxyl groups is 1. The van der Waals surface area contributed by atoms with Crippen molar-refractivity contribution in [1.82, 2.24) is 4.98 Å². The lowest BCUT2D eigenvalue weighted by Gasteiger charge is -2.38. The van der Waals surface area contributed by atoms with Crippen LogP contribution in [0.15, 0.2) is 48.5 Å². The van der Waals surface area contributed by atoms with Crippen molar-refractivity contribution in [2.75, 3.05) is 7.11 Å². The van der Waals surface area contributed by atoms with Crippen LogP contribution in [-0.4, -0.2) is 29.0 Å². The molecule has 3 aromatic rings. The Bertz CT molecular complexity index is 1090. The van der Waals surface area contributed by atoms with Gasteiger partial charge in [-0.3, -0.25) is 4.98 Å². The zero-order chi connectivity index (χ0) is 23.0. The first-order valence-corrected chi connectivity index (χ1v) is 9.85. The average Bonchev–Trinajstić information content (AvgIpc) is 2.66. The van der Waals surface area contributed by atoms with Gasteiger partial charge < -0.3 is 9.84 Å². The largest absolute Gasteiger partial charge is 0.496 e. The van der Waals surface area contributed by atoms with Gasteiger partial charge in [0, 0.05) is 29.1 Å². The van der Waals surface area contributed by atoms with E-state index in [1.54, 1.807) is 51.1 Å². The van der Waals surface area contributed by atoms with Crippen molar-refractivity contribution in [2.45, 2.75) is 50.8 Å². The van der Waals surface area contributed by atoms with Gasteiger partial charge in [-0.05, 0) is 42.5 Å². The number of fused-ring (bicyclic) bond motifs is 1. The smallest absolute Gasteiger partial charge is 0.417 e. The van der Waals surface area contributed by atoms with E-state index in [4.69, 9.17) is 4.74 Å². The van der Waals surface area contributed by atoms with Crippen LogP contribution in [-0.2, 0) is 11.8 Å². The highest BCUT2D eigenvalue weighted by Crippen LogP contribution is 2.45. The molecule has 1 heterocycles. The molecule has 0 radical (unpaired) electrons. The number of aromatic nitrogens is 1. The summed E-state index contributed by atoms with van der Waals surface area (Å²) >= 11 is 0. The van der Waals surface area contributed by atoms with Crippen LogP contribution in [0.2, 0.25) is 0 Å². The van der Waals surface area contributed by atoms with E-state index < -0.39 is 35.9 Å². The number of hydrogen-bond acceptors (Lipinski definition) is 3. The van der Waals surface area contributed by atoms with E-state index in [1.807, 2.05) is 0 Å². The van der Waals surface area contributed by atoms with E-state index in [-0.39, 0.29) is 5.75 Å². The molecule has 1 unspecified atom stereocenters. The fraction of sp³-hybridized carbons (Fsp3) is 0.375. The Morgan fingerprint density at radius 2 is 1.71 bits per heavy atom. The standard InChI is InChI=1S/C24H25F4NO2/c1-15-11-16(18-7-5-6-8-20(18)29-15)13-23(30,24(26,27)28)14-22(2,3)19-10-9-17(25)12-21(19)31-4/h5-12,30H,13-14H2,1-4H3. The van der Waals surface area contributed by atoms with E-state index >= 15 is 0 Å². The maximum absolute atomic E-state index is 14.2. The molecule has 0 saturated carbocycles. The second-order valence-corrected chi connectivity index (χ2v) is 8.55. The van der Waals surface area contributed by atoms with Crippen molar-refractivity contribution in [3.63, 3.8) is 0 Å². The molecule has 1 atom stereocenters. The number of ether oxygens (including phenoxy) is 1. The number of halogens is 4. The summed E-state index contributed by atoms with van der Waals surface area (Å²) in [5.74, 6) is -0.416. The van der Waals surface area contributed by atoms with Gasteiger partial charge in [0.1, 0.15) is 11.6 Å². The minimum Gasteiger partial charge on any atom is -0.496 e. The van der Waals surface area contributed by atoms with Crippen molar-refractivity contribution < 1.29 is 27.4 Å². The van der Waals surface area contributed by atoms with E-state index in [0.29, 0.717) is 27.7 Å². The first kappa shape index (κ1) is 23.0. The summed E-state index contributed by atoms with van der Waals surface area (Å²) in [5.41, 5.74) is -2.30. The summed E-state index contributed by atoms with van der Waals surface area (Å²) in [7, 11) is 1.33. The number of aryl methyl sites for hydroxylation is 1. The highest BCUT2D eigenvalue weighted by Gasteiger charge is 2.56. The van der Waals surface area contributed by atoms with Gasteiger partial charge >= 0.3 is 6.18 Å². The summed E-state index contributed by atoms with van der Waals surface area (Å²) < 4.78 is 61.5. The minimum absolute atomic E-state index is 0.139. The van der Waals surface area contributed by atoms with E-state index in [1.165, 1.54) is 19.2 Å². The number of methoxy groups -OCH3 is 1. The van der Waals surface area contributed by atoms with E-state index in [0.717, 1.165) is 6.07 Å². The number of pyridine rings is 1. The second-order valence-electron chi connectivity index (χ2n) is 8.55. The number of benzene rings is 2. The fourth-order valence-electron chi connectivity index (χ4n) is 4.17. The summed E-state index contributed by atoms with van der Waals surface area (Å²) in [6.07, 6.45) is -6.16. The Kier molecular flexibility index (Phi) is 6.02. The highest BCUT2D eigenvalue weighted by molar-refractivity contribution is 5.82. The predicted molar refractivity (Wildman–Crippen MR) is 112 cm³/mol. The summed E-state index contributed by atoms with van der Waals surface area (Å²) in [5, 5.41) is 11.6. The molecule has 0 bridgehead atoms. The van der Waals surface area contributed by atoms with Gasteiger partial charge in [0.15, 0.2) is 5.60 Å². The van der Waals surface area contributed by atoms with Crippen LogP contribution in [0, 0.1) is 12.7 Å². The number of nitrogens with zero attached hydrogens (tertiary/aromatic N) is 1. The first-order chi connectivity index (χ1) is 14.4. The van der Waals surface area contributed by atoms with E-state index in [9.17, 15) is 22.7 Å². The summed E-state index contributed by atoms with van der Waals surface area (Å²) in [6.45, 7) is 4.86. The Morgan fingerprint density at radius 1 is 1.03 bits per heavy atom. The molecule has 1 N–H and O–H groups in total. The third-order valence-corrected chi connectivity index (χ3v) is 5.57. The molecule has 0 aliphatic rings. The van der Waals surface area contributed by atoms with E-state index in [2.05, 4.69) is 4.98 Å². The van der Waals surface area contributed by atoms with Crippen molar-refractivity contribution in [1.29, 1.82) is 0 Å². The van der Waals surface area contributed by atoms with Crippen LogP contribution >= 0.6 is 0 Å². The quantitative estimate of drug-likeness (QED) is 0.491. The molecule has 0 aliphatic carbocycles. The molecule has 2 aromatic carbocycles. The Labute approximate surface area is 178 Å².